The molecule has 0 unspecified atom stereocenters. The summed E-state index contributed by atoms with van der Waals surface area (Å²) in [5, 5.41) is 41.5. The molecule has 2 bridgehead atoms. The van der Waals surface area contributed by atoms with Gasteiger partial charge in [0.1, 0.15) is 0 Å². The van der Waals surface area contributed by atoms with Crippen molar-refractivity contribution in [3.63, 3.8) is 0 Å². The number of carbonyl (C=O) groups is 2. The predicted molar refractivity (Wildman–Crippen MR) is 92.1 cm³/mol. The van der Waals surface area contributed by atoms with E-state index < -0.39 is 52.2 Å². The fourth-order valence-electron chi connectivity index (χ4n) is 7.78. The molecule has 0 aromatic rings. The zero-order valence-corrected chi connectivity index (χ0v) is 15.3. The third kappa shape index (κ3) is 1.80. The Kier molecular flexibility index (Phi) is 3.53. The van der Waals surface area contributed by atoms with Crippen molar-refractivity contribution in [2.24, 2.45) is 39.9 Å². The van der Waals surface area contributed by atoms with E-state index in [1.165, 1.54) is 6.92 Å². The van der Waals surface area contributed by atoms with Gasteiger partial charge in [-0.2, -0.15) is 0 Å². The lowest BCUT2D eigenvalue weighted by Gasteiger charge is -2.52. The minimum atomic E-state index is -1.51. The summed E-state index contributed by atoms with van der Waals surface area (Å²) >= 11 is 0. The molecule has 6 nitrogen and oxygen atoms in total. The zero-order valence-electron chi connectivity index (χ0n) is 15.3. The van der Waals surface area contributed by atoms with E-state index in [2.05, 4.69) is 6.58 Å². The first-order valence-corrected chi connectivity index (χ1v) is 9.50. The number of carboxylic acids is 2. The van der Waals surface area contributed by atoms with Crippen molar-refractivity contribution in [2.75, 3.05) is 0 Å². The standard InChI is InChI=1S/C20H28O6/c1-9-7-20-8-10(9)11(21)6-12(20)18(2)5-4-13(22)19(3,17(25)26)15(18)14(20)16(23)24/h10-15,21-22H,1,4-8H2,2-3H3,(H,23,24)(H,25,26)/t10-,11-,12+,13+,14-,15+,18+,19-,20+/m1/s1. The zero-order chi connectivity index (χ0) is 19.2. The second kappa shape index (κ2) is 5.10. The van der Waals surface area contributed by atoms with Crippen LogP contribution < -0.4 is 0 Å². The Balaban J connectivity index is 1.95. The fraction of sp³-hybridized carbons (Fsp3) is 0.800. The summed E-state index contributed by atoms with van der Waals surface area (Å²) < 4.78 is 0. The number of aliphatic carboxylic acids is 2. The van der Waals surface area contributed by atoms with E-state index >= 15 is 0 Å². The van der Waals surface area contributed by atoms with Crippen molar-refractivity contribution in [3.8, 4) is 0 Å². The second-order valence-corrected chi connectivity index (χ2v) is 9.68. The molecule has 9 atom stereocenters. The van der Waals surface area contributed by atoms with Crippen molar-refractivity contribution in [1.82, 2.24) is 0 Å². The van der Waals surface area contributed by atoms with Gasteiger partial charge >= 0.3 is 11.9 Å². The summed E-state index contributed by atoms with van der Waals surface area (Å²) in [5.74, 6) is -3.79. The molecule has 4 fully saturated rings. The van der Waals surface area contributed by atoms with Gasteiger partial charge in [-0.1, -0.05) is 19.1 Å². The Morgan fingerprint density at radius 1 is 1.19 bits per heavy atom. The summed E-state index contributed by atoms with van der Waals surface area (Å²) in [6, 6.07) is 0. The largest absolute Gasteiger partial charge is 0.481 e. The molecule has 0 radical (unpaired) electrons. The number of hydrogen-bond acceptors (Lipinski definition) is 4. The highest BCUT2D eigenvalue weighted by atomic mass is 16.4. The number of fused-ring (bicyclic) bond motifs is 3. The van der Waals surface area contributed by atoms with Gasteiger partial charge < -0.3 is 20.4 Å². The molecule has 0 heterocycles. The molecule has 0 saturated heterocycles. The first-order chi connectivity index (χ1) is 12.0. The molecular formula is C20H28O6. The molecule has 4 aliphatic rings. The van der Waals surface area contributed by atoms with E-state index in [4.69, 9.17) is 0 Å². The molecular weight excluding hydrogens is 336 g/mol. The van der Waals surface area contributed by atoms with Crippen LogP contribution in [0.3, 0.4) is 0 Å². The Hall–Kier alpha value is -1.40. The van der Waals surface area contributed by atoms with Crippen LogP contribution in [0.5, 0.6) is 0 Å². The molecule has 144 valence electrons. The number of hydrogen-bond donors (Lipinski definition) is 4. The first-order valence-electron chi connectivity index (χ1n) is 9.50. The molecule has 4 N–H and O–H groups in total. The summed E-state index contributed by atoms with van der Waals surface area (Å²) in [4.78, 5) is 24.7. The van der Waals surface area contributed by atoms with Crippen molar-refractivity contribution in [2.45, 2.75) is 58.2 Å². The fourth-order valence-corrected chi connectivity index (χ4v) is 7.78. The highest BCUT2D eigenvalue weighted by Crippen LogP contribution is 2.77. The van der Waals surface area contributed by atoms with Crippen molar-refractivity contribution >= 4 is 11.9 Å². The molecule has 26 heavy (non-hydrogen) atoms. The van der Waals surface area contributed by atoms with E-state index in [0.29, 0.717) is 32.1 Å². The van der Waals surface area contributed by atoms with Crippen LogP contribution in [-0.2, 0) is 9.59 Å². The van der Waals surface area contributed by atoms with Gasteiger partial charge in [0, 0.05) is 5.92 Å². The molecule has 0 aromatic carbocycles. The third-order valence-corrected chi connectivity index (χ3v) is 8.80. The Morgan fingerprint density at radius 2 is 1.85 bits per heavy atom. The van der Waals surface area contributed by atoms with E-state index in [9.17, 15) is 30.0 Å². The van der Waals surface area contributed by atoms with E-state index in [1.54, 1.807) is 0 Å². The monoisotopic (exact) mass is 364 g/mol. The van der Waals surface area contributed by atoms with Gasteiger partial charge in [-0.15, -0.1) is 0 Å². The number of rotatable bonds is 2. The van der Waals surface area contributed by atoms with E-state index in [0.717, 1.165) is 5.57 Å². The summed E-state index contributed by atoms with van der Waals surface area (Å²) in [7, 11) is 0. The van der Waals surface area contributed by atoms with Crippen LogP contribution in [-0.4, -0.2) is 44.6 Å². The maximum atomic E-state index is 12.5. The highest BCUT2D eigenvalue weighted by molar-refractivity contribution is 5.80. The van der Waals surface area contributed by atoms with Crippen LogP contribution in [0.2, 0.25) is 0 Å². The maximum Gasteiger partial charge on any atom is 0.312 e. The topological polar surface area (TPSA) is 115 Å². The lowest BCUT2D eigenvalue weighted by Crippen LogP contribution is -2.57. The van der Waals surface area contributed by atoms with Gasteiger partial charge in [0.15, 0.2) is 0 Å². The third-order valence-electron chi connectivity index (χ3n) is 8.80. The normalized spacial score (nSPS) is 55.3. The van der Waals surface area contributed by atoms with Crippen LogP contribution >= 0.6 is 0 Å². The molecule has 0 aromatic heterocycles. The lowest BCUT2D eigenvalue weighted by molar-refractivity contribution is -0.182. The molecule has 4 rings (SSSR count). The number of aliphatic hydroxyl groups is 2. The van der Waals surface area contributed by atoms with Gasteiger partial charge in [0.2, 0.25) is 0 Å². The Labute approximate surface area is 152 Å². The second-order valence-electron chi connectivity index (χ2n) is 9.68. The van der Waals surface area contributed by atoms with Crippen LogP contribution in [0.25, 0.3) is 0 Å². The highest BCUT2D eigenvalue weighted by Gasteiger charge is 2.77. The van der Waals surface area contributed by atoms with E-state index in [-0.39, 0.29) is 11.8 Å². The number of carboxylic acid groups (broad SMARTS) is 2. The minimum absolute atomic E-state index is 0.0715. The molecule has 4 aliphatic carbocycles. The average molecular weight is 364 g/mol. The number of aliphatic hydroxyl groups excluding tert-OH is 2. The molecule has 6 heteroatoms. The van der Waals surface area contributed by atoms with E-state index in [1.807, 2.05) is 6.92 Å². The molecule has 0 amide bonds. The van der Waals surface area contributed by atoms with Crippen LogP contribution in [0.15, 0.2) is 12.2 Å². The van der Waals surface area contributed by atoms with Crippen LogP contribution in [0.4, 0.5) is 0 Å². The van der Waals surface area contributed by atoms with Gasteiger partial charge in [0.25, 0.3) is 0 Å². The summed E-state index contributed by atoms with van der Waals surface area (Å²) in [5.41, 5.74) is -1.71. The Bertz CT molecular complexity index is 702. The maximum absolute atomic E-state index is 12.5. The summed E-state index contributed by atoms with van der Waals surface area (Å²) in [6.45, 7) is 7.62. The van der Waals surface area contributed by atoms with Gasteiger partial charge in [0.05, 0.1) is 23.5 Å². The lowest BCUT2D eigenvalue weighted by atomic mass is 9.52. The van der Waals surface area contributed by atoms with Gasteiger partial charge in [-0.25, -0.2) is 0 Å². The molecule has 0 aliphatic heterocycles. The van der Waals surface area contributed by atoms with Crippen LogP contribution in [0.1, 0.15) is 46.0 Å². The van der Waals surface area contributed by atoms with Crippen LogP contribution in [0, 0.1) is 39.9 Å². The molecule has 1 spiro atoms. The summed E-state index contributed by atoms with van der Waals surface area (Å²) in [6.07, 6.45) is 0.905. The van der Waals surface area contributed by atoms with Crippen molar-refractivity contribution in [1.29, 1.82) is 0 Å². The minimum Gasteiger partial charge on any atom is -0.481 e. The van der Waals surface area contributed by atoms with Crippen molar-refractivity contribution in [3.05, 3.63) is 12.2 Å². The Morgan fingerprint density at radius 3 is 2.42 bits per heavy atom. The quantitative estimate of drug-likeness (QED) is 0.556. The SMILES string of the molecule is C=C1C[C@]23C[C@H]1[C@H](O)C[C@H]2[C@]1(C)CC[C@H](O)[C@@](C)(C(=O)O)[C@H]1[C@@H]3C(=O)O. The smallest absolute Gasteiger partial charge is 0.312 e. The van der Waals surface area contributed by atoms with Gasteiger partial charge in [-0.3, -0.25) is 9.59 Å². The van der Waals surface area contributed by atoms with Crippen molar-refractivity contribution < 1.29 is 30.0 Å². The average Bonchev–Trinajstić information content (AvgIpc) is 2.96. The first kappa shape index (κ1) is 18.0. The predicted octanol–water partition coefficient (Wildman–Crippen LogP) is 1.90. The molecule has 4 saturated carbocycles. The van der Waals surface area contributed by atoms with Gasteiger partial charge in [-0.05, 0) is 61.7 Å².